The van der Waals surface area contributed by atoms with Crippen LogP contribution in [-0.2, 0) is 0 Å². The molecule has 0 bridgehead atoms. The van der Waals surface area contributed by atoms with Crippen molar-refractivity contribution in [2.24, 2.45) is 4.99 Å². The van der Waals surface area contributed by atoms with Crippen molar-refractivity contribution >= 4 is 23.0 Å². The summed E-state index contributed by atoms with van der Waals surface area (Å²) in [6, 6.07) is 3.81. The van der Waals surface area contributed by atoms with E-state index in [1.165, 1.54) is 11.3 Å². The first kappa shape index (κ1) is 15.0. The summed E-state index contributed by atoms with van der Waals surface area (Å²) in [7, 11) is 0. The molecule has 5 nitrogen and oxygen atoms in total. The van der Waals surface area contributed by atoms with Crippen molar-refractivity contribution in [3.63, 3.8) is 0 Å². The molecule has 1 rings (SSSR count). The van der Waals surface area contributed by atoms with E-state index in [1.54, 1.807) is 6.07 Å². The average molecular weight is 275 g/mol. The van der Waals surface area contributed by atoms with Gasteiger partial charge in [-0.15, -0.1) is 11.3 Å². The summed E-state index contributed by atoms with van der Waals surface area (Å²) in [5.74, 6) is 0.413. The third-order valence-corrected chi connectivity index (χ3v) is 3.89. The van der Waals surface area contributed by atoms with Crippen molar-refractivity contribution < 1.29 is 0 Å². The zero-order valence-electron chi connectivity index (χ0n) is 11.3. The van der Waals surface area contributed by atoms with E-state index < -0.39 is 0 Å². The summed E-state index contributed by atoms with van der Waals surface area (Å²) in [6.07, 6.45) is 3.64. The maximum atomic E-state index is 8.79. The number of nitriles is 2. The average Bonchev–Trinajstić information content (AvgIpc) is 2.86. The van der Waals surface area contributed by atoms with Crippen LogP contribution in [0.5, 0.6) is 0 Å². The van der Waals surface area contributed by atoms with Crippen molar-refractivity contribution in [2.45, 2.75) is 39.2 Å². The molecule has 19 heavy (non-hydrogen) atoms. The number of nitrogens with zero attached hydrogens (tertiary/aromatic N) is 3. The van der Waals surface area contributed by atoms with Gasteiger partial charge in [0.15, 0.2) is 6.19 Å². The molecule has 100 valence electrons. The molecule has 2 N–H and O–H groups in total. The summed E-state index contributed by atoms with van der Waals surface area (Å²) in [5.41, 5.74) is 0.554. The normalized spacial score (nSPS) is 11.5. The fourth-order valence-corrected chi connectivity index (χ4v) is 2.04. The molecule has 0 fully saturated rings. The molecule has 0 aliphatic rings. The van der Waals surface area contributed by atoms with E-state index in [-0.39, 0.29) is 5.54 Å². The lowest BCUT2D eigenvalue weighted by Crippen LogP contribution is -2.32. The predicted molar refractivity (Wildman–Crippen MR) is 77.8 cm³/mol. The quantitative estimate of drug-likeness (QED) is 0.383. The maximum Gasteiger partial charge on any atom is 0.209 e. The maximum absolute atomic E-state index is 8.79. The Kier molecular flexibility index (Phi) is 5.35. The first-order chi connectivity index (χ1) is 9.06. The van der Waals surface area contributed by atoms with Crippen molar-refractivity contribution in [3.8, 4) is 12.3 Å². The van der Waals surface area contributed by atoms with E-state index in [9.17, 15) is 0 Å². The Balaban J connectivity index is 2.93. The molecule has 1 heterocycles. The van der Waals surface area contributed by atoms with Crippen molar-refractivity contribution in [1.29, 1.82) is 10.5 Å². The molecule has 0 aliphatic heterocycles. The number of nitrogens with one attached hydrogen (secondary N) is 2. The lowest BCUT2D eigenvalue weighted by Gasteiger charge is -2.22. The highest BCUT2D eigenvalue weighted by Crippen LogP contribution is 2.21. The number of hydrogen-bond acceptors (Lipinski definition) is 4. The van der Waals surface area contributed by atoms with Crippen LogP contribution < -0.4 is 10.6 Å². The van der Waals surface area contributed by atoms with Gasteiger partial charge in [-0.05, 0) is 25.8 Å². The zero-order valence-corrected chi connectivity index (χ0v) is 12.1. The Labute approximate surface area is 117 Å². The summed E-state index contributed by atoms with van der Waals surface area (Å²) < 4.78 is 0. The minimum absolute atomic E-state index is 0.208. The highest BCUT2D eigenvalue weighted by atomic mass is 32.1. The van der Waals surface area contributed by atoms with E-state index in [0.29, 0.717) is 10.8 Å². The minimum atomic E-state index is -0.208. The van der Waals surface area contributed by atoms with Gasteiger partial charge in [0.1, 0.15) is 10.9 Å². The van der Waals surface area contributed by atoms with E-state index in [2.05, 4.69) is 35.5 Å². The Morgan fingerprint density at radius 3 is 2.58 bits per heavy atom. The van der Waals surface area contributed by atoms with Crippen LogP contribution in [0.4, 0.5) is 5.69 Å². The lowest BCUT2D eigenvalue weighted by molar-refractivity contribution is 0.440. The van der Waals surface area contributed by atoms with Gasteiger partial charge in [-0.3, -0.25) is 5.32 Å². The van der Waals surface area contributed by atoms with Gasteiger partial charge in [0.2, 0.25) is 5.96 Å². The second-order valence-electron chi connectivity index (χ2n) is 4.34. The van der Waals surface area contributed by atoms with Gasteiger partial charge in [0.05, 0.1) is 11.2 Å². The van der Waals surface area contributed by atoms with Crippen LogP contribution in [0.1, 0.15) is 38.5 Å². The number of guanidine groups is 1. The van der Waals surface area contributed by atoms with Gasteiger partial charge >= 0.3 is 0 Å². The summed E-state index contributed by atoms with van der Waals surface area (Å²) in [5, 5.41) is 25.0. The molecule has 0 saturated carbocycles. The second-order valence-corrected chi connectivity index (χ2v) is 5.25. The Bertz CT molecular complexity index is 528. The Morgan fingerprint density at radius 1 is 1.42 bits per heavy atom. The molecule has 0 saturated heterocycles. The number of thiophene rings is 1. The fraction of sp³-hybridized carbons (Fsp3) is 0.462. The van der Waals surface area contributed by atoms with Crippen molar-refractivity contribution in [1.82, 2.24) is 5.32 Å². The Morgan fingerprint density at radius 2 is 2.11 bits per heavy atom. The van der Waals surface area contributed by atoms with Gasteiger partial charge < -0.3 is 5.32 Å². The van der Waals surface area contributed by atoms with Crippen LogP contribution in [0.15, 0.2) is 16.4 Å². The summed E-state index contributed by atoms with van der Waals surface area (Å²) in [6.45, 7) is 6.17. The summed E-state index contributed by atoms with van der Waals surface area (Å²) in [4.78, 5) is 5.18. The molecule has 0 aliphatic carbocycles. The van der Waals surface area contributed by atoms with Gasteiger partial charge in [-0.1, -0.05) is 13.8 Å². The zero-order chi connectivity index (χ0) is 14.3. The van der Waals surface area contributed by atoms with Gasteiger partial charge in [0.25, 0.3) is 0 Å². The van der Waals surface area contributed by atoms with Gasteiger partial charge in [-0.2, -0.15) is 10.5 Å². The minimum Gasteiger partial charge on any atom is -0.325 e. The monoisotopic (exact) mass is 275 g/mol. The standard InChI is InChI=1S/C13H17N5S/c1-4-13(3,5-2)18-12(16-9-15)17-10-6-11(7-14)19-8-10/h6,8H,4-5H2,1-3H3,(H2,16,17,18). The van der Waals surface area contributed by atoms with Gasteiger partial charge in [-0.25, -0.2) is 4.99 Å². The van der Waals surface area contributed by atoms with Crippen molar-refractivity contribution in [3.05, 3.63) is 16.3 Å². The van der Waals surface area contributed by atoms with E-state index >= 15 is 0 Å². The predicted octanol–water partition coefficient (Wildman–Crippen LogP) is 3.04. The fourth-order valence-electron chi connectivity index (χ4n) is 1.42. The molecule has 0 radical (unpaired) electrons. The second kappa shape index (κ2) is 6.77. The number of aliphatic imine (C=N–C) groups is 1. The summed E-state index contributed by atoms with van der Waals surface area (Å²) >= 11 is 1.35. The van der Waals surface area contributed by atoms with Crippen LogP contribution in [0.3, 0.4) is 0 Å². The van der Waals surface area contributed by atoms with E-state index in [0.717, 1.165) is 18.5 Å². The van der Waals surface area contributed by atoms with E-state index in [4.69, 9.17) is 10.5 Å². The lowest BCUT2D eigenvalue weighted by atomic mass is 9.97. The van der Waals surface area contributed by atoms with Gasteiger partial charge in [0, 0.05) is 5.38 Å². The van der Waals surface area contributed by atoms with Crippen molar-refractivity contribution in [2.75, 3.05) is 5.32 Å². The van der Waals surface area contributed by atoms with Crippen LogP contribution in [0, 0.1) is 22.8 Å². The third kappa shape index (κ3) is 4.27. The smallest absolute Gasteiger partial charge is 0.209 e. The molecule has 0 aromatic carbocycles. The number of anilines is 1. The Hall–Kier alpha value is -2.05. The first-order valence-electron chi connectivity index (χ1n) is 6.07. The largest absolute Gasteiger partial charge is 0.325 e. The first-order valence-corrected chi connectivity index (χ1v) is 6.95. The van der Waals surface area contributed by atoms with E-state index in [1.807, 2.05) is 18.5 Å². The van der Waals surface area contributed by atoms with Crippen LogP contribution in [0.2, 0.25) is 0 Å². The molecule has 1 aromatic heterocycles. The topological polar surface area (TPSA) is 84.0 Å². The molecule has 0 unspecified atom stereocenters. The number of rotatable bonds is 4. The highest BCUT2D eigenvalue weighted by Gasteiger charge is 2.19. The molecule has 0 atom stereocenters. The molecule has 0 spiro atoms. The molecule has 1 aromatic rings. The number of hydrogen-bond donors (Lipinski definition) is 2. The SMILES string of the molecule is CCC(C)(CC)N=C(NC#N)Nc1csc(C#N)c1. The molecular weight excluding hydrogens is 258 g/mol. The highest BCUT2D eigenvalue weighted by molar-refractivity contribution is 7.11. The van der Waals surface area contributed by atoms with Crippen LogP contribution in [0.25, 0.3) is 0 Å². The third-order valence-electron chi connectivity index (χ3n) is 3.05. The molecule has 6 heteroatoms. The van der Waals surface area contributed by atoms with Crippen LogP contribution >= 0.6 is 11.3 Å². The molecular formula is C13H17N5S. The van der Waals surface area contributed by atoms with Crippen LogP contribution in [-0.4, -0.2) is 11.5 Å². The molecule has 0 amide bonds.